The van der Waals surface area contributed by atoms with Crippen LogP contribution in [0.25, 0.3) is 22.0 Å². The molecule has 2 heterocycles. The van der Waals surface area contributed by atoms with E-state index in [4.69, 9.17) is 9.47 Å². The first-order valence-electron chi connectivity index (χ1n) is 9.00. The van der Waals surface area contributed by atoms with Crippen molar-refractivity contribution in [2.24, 2.45) is 0 Å². The topological polar surface area (TPSA) is 69.1 Å². The van der Waals surface area contributed by atoms with E-state index in [1.54, 1.807) is 18.6 Å². The monoisotopic (exact) mass is 375 g/mol. The molecule has 0 radical (unpaired) electrons. The van der Waals surface area contributed by atoms with Gasteiger partial charge >= 0.3 is 0 Å². The molecule has 0 amide bonds. The van der Waals surface area contributed by atoms with Crippen molar-refractivity contribution < 1.29 is 14.3 Å². The third-order valence-corrected chi connectivity index (χ3v) is 4.77. The third kappa shape index (κ3) is 3.13. The maximum atomic E-state index is 12.1. The number of aryl methyl sites for hydroxylation is 1. The van der Waals surface area contributed by atoms with Gasteiger partial charge in [-0.15, -0.1) is 5.10 Å². The highest BCUT2D eigenvalue weighted by molar-refractivity contribution is 6.02. The number of benzene rings is 2. The number of para-hydroxylation sites is 1. The van der Waals surface area contributed by atoms with Crippen LogP contribution in [0.15, 0.2) is 54.7 Å². The van der Waals surface area contributed by atoms with Crippen molar-refractivity contribution in [1.82, 2.24) is 14.8 Å². The lowest BCUT2D eigenvalue weighted by Crippen LogP contribution is -2.02. The molecule has 0 saturated carbocycles. The van der Waals surface area contributed by atoms with Crippen molar-refractivity contribution in [2.75, 3.05) is 7.11 Å². The molecule has 6 nitrogen and oxygen atoms in total. The zero-order valence-corrected chi connectivity index (χ0v) is 16.0. The number of nitrogens with zero attached hydrogens (tertiary/aromatic N) is 2. The van der Waals surface area contributed by atoms with Gasteiger partial charge in [0.1, 0.15) is 12.4 Å². The molecule has 0 atom stereocenters. The first-order chi connectivity index (χ1) is 13.6. The fraction of sp³-hybridized carbons (Fsp3) is 0.182. The summed E-state index contributed by atoms with van der Waals surface area (Å²) in [7, 11) is 1.64. The molecule has 2 aromatic carbocycles. The quantitative estimate of drug-likeness (QED) is 0.554. The van der Waals surface area contributed by atoms with Crippen LogP contribution in [0.3, 0.4) is 0 Å². The van der Waals surface area contributed by atoms with Crippen LogP contribution in [0.1, 0.15) is 23.0 Å². The van der Waals surface area contributed by atoms with E-state index in [-0.39, 0.29) is 5.91 Å². The lowest BCUT2D eigenvalue weighted by molar-refractivity contribution is 0.0941. The van der Waals surface area contributed by atoms with Crippen molar-refractivity contribution in [3.05, 3.63) is 66.0 Å². The minimum absolute atomic E-state index is 0.0377. The number of H-pyrrole nitrogens is 1. The Labute approximate surface area is 162 Å². The van der Waals surface area contributed by atoms with Crippen molar-refractivity contribution in [3.8, 4) is 22.8 Å². The van der Waals surface area contributed by atoms with Crippen LogP contribution in [0, 0.1) is 6.92 Å². The number of hydrogen-bond donors (Lipinski definition) is 1. The summed E-state index contributed by atoms with van der Waals surface area (Å²) >= 11 is 0. The highest BCUT2D eigenvalue weighted by Gasteiger charge is 2.20. The number of fused-ring (bicyclic) bond motifs is 1. The molecule has 0 spiro atoms. The standard InChI is InChI=1S/C22H21N3O3/c1-14-21(19-12-25(15(2)26)20-7-5-4-6-18(19)20)22(24-23-14)28-13-16-8-10-17(27-3)11-9-16/h4-12H,13H2,1-3H3,(H,23,24). The summed E-state index contributed by atoms with van der Waals surface area (Å²) in [6.45, 7) is 3.88. The lowest BCUT2D eigenvalue weighted by Gasteiger charge is -2.07. The molecule has 28 heavy (non-hydrogen) atoms. The Balaban J connectivity index is 1.71. The molecule has 4 aromatic rings. The molecule has 0 aliphatic heterocycles. The first kappa shape index (κ1) is 17.9. The Morgan fingerprint density at radius 1 is 1.14 bits per heavy atom. The molecular formula is C22H21N3O3. The van der Waals surface area contributed by atoms with E-state index in [2.05, 4.69) is 10.2 Å². The van der Waals surface area contributed by atoms with Crippen molar-refractivity contribution >= 4 is 16.8 Å². The predicted octanol–water partition coefficient (Wildman–Crippen LogP) is 4.59. The minimum Gasteiger partial charge on any atom is -0.497 e. The molecule has 0 unspecified atom stereocenters. The zero-order chi connectivity index (χ0) is 19.7. The van der Waals surface area contributed by atoms with Crippen LogP contribution in [-0.4, -0.2) is 27.8 Å². The second-order valence-corrected chi connectivity index (χ2v) is 6.61. The van der Waals surface area contributed by atoms with Crippen LogP contribution < -0.4 is 9.47 Å². The number of nitrogens with one attached hydrogen (secondary N) is 1. The molecule has 0 aliphatic carbocycles. The van der Waals surface area contributed by atoms with Gasteiger partial charge in [-0.05, 0) is 30.7 Å². The Hall–Kier alpha value is -3.54. The van der Waals surface area contributed by atoms with E-state index >= 15 is 0 Å². The van der Waals surface area contributed by atoms with Gasteiger partial charge in [-0.3, -0.25) is 14.5 Å². The normalized spacial score (nSPS) is 11.0. The predicted molar refractivity (Wildman–Crippen MR) is 108 cm³/mol. The van der Waals surface area contributed by atoms with Crippen LogP contribution >= 0.6 is 0 Å². The number of hydrogen-bond acceptors (Lipinski definition) is 4. The molecule has 2 aromatic heterocycles. The molecule has 142 valence electrons. The largest absolute Gasteiger partial charge is 0.497 e. The van der Waals surface area contributed by atoms with Crippen LogP contribution in [0.4, 0.5) is 0 Å². The molecule has 1 N–H and O–H groups in total. The Kier molecular flexibility index (Phi) is 4.61. The minimum atomic E-state index is -0.0377. The maximum absolute atomic E-state index is 12.1. The Bertz CT molecular complexity index is 1140. The molecule has 0 aliphatic rings. The van der Waals surface area contributed by atoms with Gasteiger partial charge < -0.3 is 9.47 Å². The van der Waals surface area contributed by atoms with E-state index < -0.39 is 0 Å². The molecule has 0 bridgehead atoms. The second kappa shape index (κ2) is 7.23. The number of carbonyl (C=O) groups excluding carboxylic acids is 1. The van der Waals surface area contributed by atoms with E-state index in [9.17, 15) is 4.79 Å². The number of ether oxygens (including phenoxy) is 2. The van der Waals surface area contributed by atoms with Crippen LogP contribution in [0.2, 0.25) is 0 Å². The maximum Gasteiger partial charge on any atom is 0.241 e. The van der Waals surface area contributed by atoms with E-state index in [1.165, 1.54) is 0 Å². The van der Waals surface area contributed by atoms with Crippen molar-refractivity contribution in [3.63, 3.8) is 0 Å². The highest BCUT2D eigenvalue weighted by Crippen LogP contribution is 2.37. The first-order valence-corrected chi connectivity index (χ1v) is 9.00. The van der Waals surface area contributed by atoms with Crippen LogP contribution in [0.5, 0.6) is 11.6 Å². The van der Waals surface area contributed by atoms with Gasteiger partial charge in [-0.1, -0.05) is 30.3 Å². The highest BCUT2D eigenvalue weighted by atomic mass is 16.5. The smallest absolute Gasteiger partial charge is 0.241 e. The fourth-order valence-corrected chi connectivity index (χ4v) is 3.34. The van der Waals surface area contributed by atoms with Gasteiger partial charge in [-0.2, -0.15) is 0 Å². The summed E-state index contributed by atoms with van der Waals surface area (Å²) in [6, 6.07) is 15.5. The van der Waals surface area contributed by atoms with Gasteiger partial charge in [0, 0.05) is 29.8 Å². The summed E-state index contributed by atoms with van der Waals surface area (Å²) in [5, 5.41) is 8.32. The molecule has 0 fully saturated rings. The average Bonchev–Trinajstić information content (AvgIpc) is 3.27. The third-order valence-electron chi connectivity index (χ3n) is 4.77. The summed E-state index contributed by atoms with van der Waals surface area (Å²) < 4.78 is 12.9. The number of aromatic nitrogens is 3. The lowest BCUT2D eigenvalue weighted by atomic mass is 10.1. The SMILES string of the molecule is COc1ccc(COc2n[nH]c(C)c2-c2cn(C(C)=O)c3ccccc23)cc1. The summed E-state index contributed by atoms with van der Waals surface area (Å²) in [5.74, 6) is 1.28. The van der Waals surface area contributed by atoms with Gasteiger partial charge in [0.15, 0.2) is 0 Å². The second-order valence-electron chi connectivity index (χ2n) is 6.61. The fourth-order valence-electron chi connectivity index (χ4n) is 3.34. The Morgan fingerprint density at radius 2 is 1.89 bits per heavy atom. The summed E-state index contributed by atoms with van der Waals surface area (Å²) in [5.41, 5.74) is 4.55. The van der Waals surface area contributed by atoms with Crippen molar-refractivity contribution in [2.45, 2.75) is 20.5 Å². The van der Waals surface area contributed by atoms with E-state index in [0.29, 0.717) is 12.5 Å². The Morgan fingerprint density at radius 3 is 2.61 bits per heavy atom. The van der Waals surface area contributed by atoms with Crippen LogP contribution in [-0.2, 0) is 6.61 Å². The molecule has 6 heteroatoms. The zero-order valence-electron chi connectivity index (χ0n) is 16.0. The molecular weight excluding hydrogens is 354 g/mol. The van der Waals surface area contributed by atoms with Gasteiger partial charge in [0.25, 0.3) is 0 Å². The molecule has 4 rings (SSSR count). The van der Waals surface area contributed by atoms with Gasteiger partial charge in [0.05, 0.1) is 18.2 Å². The number of aromatic amines is 1. The van der Waals surface area contributed by atoms with E-state index in [1.807, 2.05) is 61.7 Å². The van der Waals surface area contributed by atoms with Gasteiger partial charge in [0.2, 0.25) is 11.8 Å². The number of rotatable bonds is 5. The summed E-state index contributed by atoms with van der Waals surface area (Å²) in [6.07, 6.45) is 1.85. The number of methoxy groups -OCH3 is 1. The van der Waals surface area contributed by atoms with E-state index in [0.717, 1.165) is 39.0 Å². The average molecular weight is 375 g/mol. The summed E-state index contributed by atoms with van der Waals surface area (Å²) in [4.78, 5) is 12.1. The molecule has 0 saturated heterocycles. The van der Waals surface area contributed by atoms with Crippen molar-refractivity contribution in [1.29, 1.82) is 0 Å². The number of carbonyl (C=O) groups is 1. The van der Waals surface area contributed by atoms with Gasteiger partial charge in [-0.25, -0.2) is 0 Å².